The Morgan fingerprint density at radius 2 is 2.05 bits per heavy atom. The number of halogens is 3. The van der Waals surface area contributed by atoms with Gasteiger partial charge in [-0.05, 0) is 18.7 Å². The first-order valence-corrected chi connectivity index (χ1v) is 6.09. The molecule has 20 heavy (non-hydrogen) atoms. The van der Waals surface area contributed by atoms with Crippen LogP contribution in [0.5, 0.6) is 5.75 Å². The summed E-state index contributed by atoms with van der Waals surface area (Å²) < 4.78 is 41.3. The number of nitrogens with one attached hydrogen (secondary N) is 2. The van der Waals surface area contributed by atoms with Crippen LogP contribution in [0.2, 0.25) is 0 Å². The second kappa shape index (κ2) is 5.96. The van der Waals surface area contributed by atoms with E-state index in [1.165, 1.54) is 12.1 Å². The van der Waals surface area contributed by atoms with E-state index in [0.29, 0.717) is 17.8 Å². The third-order valence-electron chi connectivity index (χ3n) is 2.67. The molecule has 0 atom stereocenters. The van der Waals surface area contributed by atoms with Gasteiger partial charge in [0.15, 0.2) is 0 Å². The zero-order valence-corrected chi connectivity index (χ0v) is 10.8. The van der Waals surface area contributed by atoms with Crippen molar-refractivity contribution < 1.29 is 17.9 Å². The lowest BCUT2D eigenvalue weighted by molar-refractivity contribution is -0.274. The van der Waals surface area contributed by atoms with Crippen molar-refractivity contribution in [2.45, 2.75) is 19.8 Å². The number of para-hydroxylation sites is 1. The summed E-state index contributed by atoms with van der Waals surface area (Å²) in [6, 6.07) is 5.98. The predicted octanol–water partition coefficient (Wildman–Crippen LogP) is 3.08. The minimum absolute atomic E-state index is 0.248. The van der Waals surface area contributed by atoms with Gasteiger partial charge in [0.2, 0.25) is 0 Å². The van der Waals surface area contributed by atoms with Gasteiger partial charge in [0.05, 0.1) is 11.9 Å². The monoisotopic (exact) mass is 285 g/mol. The Kier molecular flexibility index (Phi) is 4.29. The molecule has 108 valence electrons. The summed E-state index contributed by atoms with van der Waals surface area (Å²) in [5.74, 6) is -0.248. The van der Waals surface area contributed by atoms with Gasteiger partial charge < -0.3 is 10.1 Å². The van der Waals surface area contributed by atoms with Crippen molar-refractivity contribution >= 4 is 0 Å². The third kappa shape index (κ3) is 3.51. The van der Waals surface area contributed by atoms with Gasteiger partial charge in [-0.25, -0.2) is 0 Å². The normalized spacial score (nSPS) is 11.6. The van der Waals surface area contributed by atoms with E-state index in [1.807, 2.05) is 6.92 Å². The van der Waals surface area contributed by atoms with Crippen LogP contribution < -0.4 is 10.1 Å². The molecule has 0 fully saturated rings. The van der Waals surface area contributed by atoms with Crippen molar-refractivity contribution in [1.29, 1.82) is 0 Å². The van der Waals surface area contributed by atoms with Gasteiger partial charge in [0.1, 0.15) is 5.75 Å². The highest BCUT2D eigenvalue weighted by molar-refractivity contribution is 5.69. The minimum Gasteiger partial charge on any atom is -0.405 e. The van der Waals surface area contributed by atoms with E-state index < -0.39 is 6.36 Å². The Morgan fingerprint density at radius 1 is 1.30 bits per heavy atom. The molecule has 0 unspecified atom stereocenters. The first kappa shape index (κ1) is 14.4. The van der Waals surface area contributed by atoms with Gasteiger partial charge in [-0.2, -0.15) is 5.10 Å². The number of hydrogen-bond donors (Lipinski definition) is 2. The molecule has 0 saturated carbocycles. The Hall–Kier alpha value is -2.02. The molecular weight excluding hydrogens is 271 g/mol. The molecule has 2 aromatic rings. The summed E-state index contributed by atoms with van der Waals surface area (Å²) in [6.07, 6.45) is -3.14. The highest BCUT2D eigenvalue weighted by atomic mass is 19.4. The Labute approximate surface area is 114 Å². The van der Waals surface area contributed by atoms with Crippen LogP contribution in [0, 0.1) is 0 Å². The van der Waals surface area contributed by atoms with Gasteiger partial charge in [0.25, 0.3) is 0 Å². The maximum atomic E-state index is 12.4. The maximum absolute atomic E-state index is 12.4. The van der Waals surface area contributed by atoms with Crippen LogP contribution in [0.3, 0.4) is 0 Å². The standard InChI is InChI=1S/C13H14F3N3O/c1-2-17-7-9-8-18-19-12(9)10-5-3-4-6-11(10)20-13(14,15)16/h3-6,8,17H,2,7H2,1H3,(H,18,19). The number of benzene rings is 1. The molecule has 0 bridgehead atoms. The topological polar surface area (TPSA) is 49.9 Å². The van der Waals surface area contributed by atoms with Crippen molar-refractivity contribution in [3.05, 3.63) is 36.0 Å². The van der Waals surface area contributed by atoms with Crippen LogP contribution in [-0.2, 0) is 6.54 Å². The fourth-order valence-corrected chi connectivity index (χ4v) is 1.82. The van der Waals surface area contributed by atoms with Gasteiger partial charge >= 0.3 is 6.36 Å². The zero-order valence-electron chi connectivity index (χ0n) is 10.8. The number of rotatable bonds is 5. The summed E-state index contributed by atoms with van der Waals surface area (Å²) in [6.45, 7) is 3.22. The van der Waals surface area contributed by atoms with Gasteiger partial charge in [-0.3, -0.25) is 5.10 Å². The highest BCUT2D eigenvalue weighted by Gasteiger charge is 2.32. The van der Waals surface area contributed by atoms with E-state index in [2.05, 4.69) is 20.3 Å². The molecule has 2 N–H and O–H groups in total. The third-order valence-corrected chi connectivity index (χ3v) is 2.67. The first-order chi connectivity index (χ1) is 9.51. The Morgan fingerprint density at radius 3 is 2.75 bits per heavy atom. The Balaban J connectivity index is 2.35. The average molecular weight is 285 g/mol. The summed E-state index contributed by atoms with van der Waals surface area (Å²) in [7, 11) is 0. The summed E-state index contributed by atoms with van der Waals surface area (Å²) in [5.41, 5.74) is 1.63. The maximum Gasteiger partial charge on any atom is 0.573 e. The van der Waals surface area contributed by atoms with Gasteiger partial charge in [-0.1, -0.05) is 19.1 Å². The van der Waals surface area contributed by atoms with Crippen molar-refractivity contribution in [1.82, 2.24) is 15.5 Å². The van der Waals surface area contributed by atoms with E-state index in [4.69, 9.17) is 0 Å². The van der Waals surface area contributed by atoms with E-state index in [1.54, 1.807) is 18.3 Å². The minimum atomic E-state index is -4.72. The lowest BCUT2D eigenvalue weighted by atomic mass is 10.1. The number of hydrogen-bond acceptors (Lipinski definition) is 3. The molecular formula is C13H14F3N3O. The molecule has 0 radical (unpaired) electrons. The molecule has 1 heterocycles. The Bertz CT molecular complexity index is 566. The molecule has 2 rings (SSSR count). The molecule has 1 aromatic carbocycles. The van der Waals surface area contributed by atoms with Gasteiger partial charge in [0, 0.05) is 17.7 Å². The van der Waals surface area contributed by atoms with Crippen LogP contribution in [0.25, 0.3) is 11.3 Å². The number of aromatic nitrogens is 2. The second-order valence-corrected chi connectivity index (χ2v) is 4.09. The van der Waals surface area contributed by atoms with Crippen molar-refractivity contribution in [2.24, 2.45) is 0 Å². The number of alkyl halides is 3. The fraction of sp³-hybridized carbons (Fsp3) is 0.308. The van der Waals surface area contributed by atoms with Crippen LogP contribution >= 0.6 is 0 Å². The zero-order chi connectivity index (χ0) is 14.6. The molecule has 7 heteroatoms. The van der Waals surface area contributed by atoms with E-state index in [-0.39, 0.29) is 5.75 Å². The molecule has 0 amide bonds. The number of nitrogens with zero attached hydrogens (tertiary/aromatic N) is 1. The van der Waals surface area contributed by atoms with E-state index >= 15 is 0 Å². The molecule has 0 aliphatic carbocycles. The average Bonchev–Trinajstić information content (AvgIpc) is 2.83. The van der Waals surface area contributed by atoms with Crippen molar-refractivity contribution in [3.8, 4) is 17.0 Å². The molecule has 0 aliphatic heterocycles. The lowest BCUT2D eigenvalue weighted by Gasteiger charge is -2.13. The van der Waals surface area contributed by atoms with Crippen molar-refractivity contribution in [2.75, 3.05) is 6.54 Å². The quantitative estimate of drug-likeness (QED) is 0.887. The fourth-order valence-electron chi connectivity index (χ4n) is 1.82. The van der Waals surface area contributed by atoms with Crippen molar-refractivity contribution in [3.63, 3.8) is 0 Å². The van der Waals surface area contributed by atoms with Crippen LogP contribution in [-0.4, -0.2) is 23.1 Å². The molecule has 4 nitrogen and oxygen atoms in total. The highest BCUT2D eigenvalue weighted by Crippen LogP contribution is 2.34. The van der Waals surface area contributed by atoms with Crippen LogP contribution in [0.15, 0.2) is 30.5 Å². The smallest absolute Gasteiger partial charge is 0.405 e. The lowest BCUT2D eigenvalue weighted by Crippen LogP contribution is -2.18. The summed E-state index contributed by atoms with van der Waals surface area (Å²) in [4.78, 5) is 0. The molecule has 0 spiro atoms. The van der Waals surface area contributed by atoms with Crippen LogP contribution in [0.4, 0.5) is 13.2 Å². The second-order valence-electron chi connectivity index (χ2n) is 4.09. The first-order valence-electron chi connectivity index (χ1n) is 6.09. The predicted molar refractivity (Wildman–Crippen MR) is 68.1 cm³/mol. The SMILES string of the molecule is CCNCc1cn[nH]c1-c1ccccc1OC(F)(F)F. The molecule has 1 aromatic heterocycles. The largest absolute Gasteiger partial charge is 0.573 e. The number of ether oxygens (including phenoxy) is 1. The van der Waals surface area contributed by atoms with E-state index in [9.17, 15) is 13.2 Å². The van der Waals surface area contributed by atoms with Crippen LogP contribution in [0.1, 0.15) is 12.5 Å². The number of aromatic amines is 1. The molecule has 0 saturated heterocycles. The van der Waals surface area contributed by atoms with E-state index in [0.717, 1.165) is 12.1 Å². The van der Waals surface area contributed by atoms with Gasteiger partial charge in [-0.15, -0.1) is 13.2 Å². The number of H-pyrrole nitrogens is 1. The molecule has 0 aliphatic rings. The summed E-state index contributed by atoms with van der Waals surface area (Å²) in [5, 5.41) is 9.71. The summed E-state index contributed by atoms with van der Waals surface area (Å²) >= 11 is 0.